The molecular formula is C14H20BrFN2. The molecule has 2 atom stereocenters. The zero-order chi connectivity index (χ0) is 13.1. The monoisotopic (exact) mass is 314 g/mol. The van der Waals surface area contributed by atoms with Crippen LogP contribution in [0.15, 0.2) is 22.7 Å². The summed E-state index contributed by atoms with van der Waals surface area (Å²) < 4.78 is 15.0. The van der Waals surface area contributed by atoms with Gasteiger partial charge >= 0.3 is 0 Å². The highest BCUT2D eigenvalue weighted by Crippen LogP contribution is 2.36. The Morgan fingerprint density at radius 3 is 3.00 bits per heavy atom. The van der Waals surface area contributed by atoms with Crippen molar-refractivity contribution in [1.82, 2.24) is 10.2 Å². The number of benzene rings is 1. The van der Waals surface area contributed by atoms with Crippen molar-refractivity contribution in [2.75, 3.05) is 27.2 Å². The van der Waals surface area contributed by atoms with Gasteiger partial charge in [0, 0.05) is 16.1 Å². The molecule has 1 heterocycles. The number of nitrogens with zero attached hydrogens (tertiary/aromatic N) is 1. The van der Waals surface area contributed by atoms with Crippen LogP contribution in [0.5, 0.6) is 0 Å². The van der Waals surface area contributed by atoms with Crippen LogP contribution in [0.4, 0.5) is 4.39 Å². The van der Waals surface area contributed by atoms with Gasteiger partial charge in [0.1, 0.15) is 5.82 Å². The van der Waals surface area contributed by atoms with E-state index in [4.69, 9.17) is 0 Å². The van der Waals surface area contributed by atoms with Crippen LogP contribution in [0.25, 0.3) is 0 Å². The summed E-state index contributed by atoms with van der Waals surface area (Å²) in [5.74, 6) is 0.371. The summed E-state index contributed by atoms with van der Waals surface area (Å²) in [6, 6.07) is 5.40. The molecule has 2 unspecified atom stereocenters. The summed E-state index contributed by atoms with van der Waals surface area (Å²) in [5, 5.41) is 3.23. The van der Waals surface area contributed by atoms with Crippen molar-refractivity contribution < 1.29 is 4.39 Å². The molecular weight excluding hydrogens is 295 g/mol. The van der Waals surface area contributed by atoms with Crippen LogP contribution >= 0.6 is 15.9 Å². The van der Waals surface area contributed by atoms with E-state index in [1.165, 1.54) is 6.42 Å². The molecule has 1 aromatic rings. The second kappa shape index (κ2) is 6.13. The summed E-state index contributed by atoms with van der Waals surface area (Å²) in [7, 11) is 4.05. The third kappa shape index (κ3) is 2.92. The van der Waals surface area contributed by atoms with Crippen molar-refractivity contribution in [1.29, 1.82) is 0 Å². The second-order valence-corrected chi connectivity index (χ2v) is 5.97. The molecule has 0 aromatic heterocycles. The molecule has 0 aliphatic carbocycles. The highest BCUT2D eigenvalue weighted by molar-refractivity contribution is 9.10. The van der Waals surface area contributed by atoms with Crippen molar-refractivity contribution >= 4 is 15.9 Å². The van der Waals surface area contributed by atoms with Gasteiger partial charge in [0.2, 0.25) is 0 Å². The molecule has 1 N–H and O–H groups in total. The maximum atomic E-state index is 14.1. The third-order valence-electron chi connectivity index (χ3n) is 3.75. The molecule has 0 bridgehead atoms. The van der Waals surface area contributed by atoms with E-state index in [-0.39, 0.29) is 11.9 Å². The molecule has 1 aromatic carbocycles. The van der Waals surface area contributed by atoms with Crippen molar-refractivity contribution in [3.8, 4) is 0 Å². The fraction of sp³-hybridized carbons (Fsp3) is 0.571. The lowest BCUT2D eigenvalue weighted by atomic mass is 9.84. The number of likely N-dealkylation sites (tertiary alicyclic amines) is 1. The van der Waals surface area contributed by atoms with Crippen LogP contribution in [0, 0.1) is 11.7 Å². The Morgan fingerprint density at radius 1 is 1.50 bits per heavy atom. The molecule has 1 aliphatic rings. The molecule has 0 spiro atoms. The Morgan fingerprint density at radius 2 is 2.28 bits per heavy atom. The highest BCUT2D eigenvalue weighted by atomic mass is 79.9. The number of piperidine rings is 1. The molecule has 100 valence electrons. The average Bonchev–Trinajstić information content (AvgIpc) is 2.34. The van der Waals surface area contributed by atoms with Gasteiger partial charge in [0.05, 0.1) is 0 Å². The van der Waals surface area contributed by atoms with Crippen LogP contribution in [-0.2, 0) is 0 Å². The third-order valence-corrected chi connectivity index (χ3v) is 4.24. The molecule has 18 heavy (non-hydrogen) atoms. The number of rotatable bonds is 3. The Balaban J connectivity index is 2.33. The summed E-state index contributed by atoms with van der Waals surface area (Å²) in [5.41, 5.74) is 0.812. The Bertz CT molecular complexity index is 409. The number of hydrogen-bond acceptors (Lipinski definition) is 2. The van der Waals surface area contributed by atoms with E-state index in [1.54, 1.807) is 12.1 Å². The second-order valence-electron chi connectivity index (χ2n) is 5.05. The number of hydrogen-bond donors (Lipinski definition) is 1. The van der Waals surface area contributed by atoms with Gasteiger partial charge < -0.3 is 5.32 Å². The van der Waals surface area contributed by atoms with Crippen LogP contribution in [0.1, 0.15) is 24.4 Å². The highest BCUT2D eigenvalue weighted by Gasteiger charge is 2.31. The zero-order valence-corrected chi connectivity index (χ0v) is 12.5. The molecule has 2 rings (SSSR count). The summed E-state index contributed by atoms with van der Waals surface area (Å²) in [4.78, 5) is 2.27. The largest absolute Gasteiger partial charge is 0.319 e. The van der Waals surface area contributed by atoms with Crippen LogP contribution < -0.4 is 5.32 Å². The Kier molecular flexibility index (Phi) is 4.76. The fourth-order valence-electron chi connectivity index (χ4n) is 2.97. The van der Waals surface area contributed by atoms with Crippen molar-refractivity contribution in [2.45, 2.75) is 18.9 Å². The lowest BCUT2D eigenvalue weighted by Gasteiger charge is -2.39. The van der Waals surface area contributed by atoms with Crippen LogP contribution in [-0.4, -0.2) is 32.1 Å². The molecule has 0 radical (unpaired) electrons. The molecule has 0 saturated carbocycles. The van der Waals surface area contributed by atoms with E-state index in [0.29, 0.717) is 5.92 Å². The van der Waals surface area contributed by atoms with E-state index in [2.05, 4.69) is 33.2 Å². The van der Waals surface area contributed by atoms with Gasteiger partial charge in [-0.25, -0.2) is 4.39 Å². The van der Waals surface area contributed by atoms with Crippen molar-refractivity contribution in [3.05, 3.63) is 34.1 Å². The van der Waals surface area contributed by atoms with Gasteiger partial charge in [0.15, 0.2) is 0 Å². The maximum absolute atomic E-state index is 14.1. The minimum atomic E-state index is -0.0990. The van der Waals surface area contributed by atoms with Gasteiger partial charge in [-0.3, -0.25) is 4.90 Å². The molecule has 2 nitrogen and oxygen atoms in total. The van der Waals surface area contributed by atoms with E-state index in [9.17, 15) is 4.39 Å². The number of halogens is 2. The predicted molar refractivity (Wildman–Crippen MR) is 76.1 cm³/mol. The Hall–Kier alpha value is -0.450. The normalized spacial score (nSPS) is 25.3. The quantitative estimate of drug-likeness (QED) is 0.921. The van der Waals surface area contributed by atoms with Gasteiger partial charge in [-0.15, -0.1) is 0 Å². The van der Waals surface area contributed by atoms with Gasteiger partial charge in [0.25, 0.3) is 0 Å². The average molecular weight is 315 g/mol. The van der Waals surface area contributed by atoms with E-state index >= 15 is 0 Å². The SMILES string of the molecule is CNCC1CCCN(C)C1c1cc(Br)ccc1F. The maximum Gasteiger partial charge on any atom is 0.128 e. The predicted octanol–water partition coefficient (Wildman–Crippen LogP) is 3.19. The molecule has 1 aliphatic heterocycles. The zero-order valence-electron chi connectivity index (χ0n) is 10.9. The van der Waals surface area contributed by atoms with Gasteiger partial charge in [-0.05, 0) is 64.1 Å². The van der Waals surface area contributed by atoms with Crippen molar-refractivity contribution in [2.24, 2.45) is 5.92 Å². The first kappa shape index (κ1) is 14.0. The summed E-state index contributed by atoms with van der Waals surface area (Å²) in [6.07, 6.45) is 2.34. The minimum Gasteiger partial charge on any atom is -0.319 e. The lowest BCUT2D eigenvalue weighted by molar-refractivity contribution is 0.118. The molecule has 1 saturated heterocycles. The van der Waals surface area contributed by atoms with Gasteiger partial charge in [-0.1, -0.05) is 15.9 Å². The first-order chi connectivity index (χ1) is 8.63. The van der Waals surface area contributed by atoms with Crippen LogP contribution in [0.3, 0.4) is 0 Å². The van der Waals surface area contributed by atoms with Crippen molar-refractivity contribution in [3.63, 3.8) is 0 Å². The van der Waals surface area contributed by atoms with Crippen LogP contribution in [0.2, 0.25) is 0 Å². The Labute approximate surface area is 117 Å². The summed E-state index contributed by atoms with van der Waals surface area (Å²) >= 11 is 3.44. The summed E-state index contributed by atoms with van der Waals surface area (Å²) in [6.45, 7) is 1.97. The molecule has 4 heteroatoms. The first-order valence-corrected chi connectivity index (χ1v) is 7.22. The molecule has 1 fully saturated rings. The lowest BCUT2D eigenvalue weighted by Crippen LogP contribution is -2.40. The fourth-order valence-corrected chi connectivity index (χ4v) is 3.35. The first-order valence-electron chi connectivity index (χ1n) is 6.43. The van der Waals surface area contributed by atoms with E-state index in [0.717, 1.165) is 29.5 Å². The van der Waals surface area contributed by atoms with E-state index < -0.39 is 0 Å². The molecule has 0 amide bonds. The number of nitrogens with one attached hydrogen (secondary N) is 1. The smallest absolute Gasteiger partial charge is 0.128 e. The van der Waals surface area contributed by atoms with E-state index in [1.807, 2.05) is 13.1 Å². The standard InChI is InChI=1S/C14H20BrFN2/c1-17-9-10-4-3-7-18(2)14(10)12-8-11(15)5-6-13(12)16/h5-6,8,10,14,17H,3-4,7,9H2,1-2H3. The van der Waals surface area contributed by atoms with Gasteiger partial charge in [-0.2, -0.15) is 0 Å². The topological polar surface area (TPSA) is 15.3 Å². The minimum absolute atomic E-state index is 0.0990.